The highest BCUT2D eigenvalue weighted by atomic mass is 16.5. The Kier molecular flexibility index (Phi) is 15.2. The normalized spacial score (nSPS) is 16.5. The number of rotatable bonds is 19. The number of aromatic nitrogens is 1. The SMILES string of the molecule is CNc1c(O)ccc(C(O)CNCCN(C)C(=O)CCOCCc2cccc(CCN3CCC4(CC3)CN(c3ccc[nH]c3=O)CCO4)c2)c1/C=C\C=O. The zero-order chi connectivity index (χ0) is 38.3. The first-order valence-corrected chi connectivity index (χ1v) is 18.9. The Bertz CT molecular complexity index is 1760. The lowest BCUT2D eigenvalue weighted by molar-refractivity contribution is -0.131. The van der Waals surface area contributed by atoms with Crippen LogP contribution >= 0.6 is 0 Å². The van der Waals surface area contributed by atoms with Crippen LogP contribution in [0.15, 0.2) is 65.6 Å². The van der Waals surface area contributed by atoms with Gasteiger partial charge in [-0.05, 0) is 72.7 Å². The highest BCUT2D eigenvalue weighted by Gasteiger charge is 2.40. The van der Waals surface area contributed by atoms with E-state index in [1.165, 1.54) is 23.3 Å². The zero-order valence-electron chi connectivity index (χ0n) is 31.6. The molecule has 2 fully saturated rings. The van der Waals surface area contributed by atoms with Gasteiger partial charge < -0.3 is 50.0 Å². The van der Waals surface area contributed by atoms with Crippen LogP contribution in [0.4, 0.5) is 11.4 Å². The Morgan fingerprint density at radius 1 is 1.11 bits per heavy atom. The average molecular weight is 745 g/mol. The summed E-state index contributed by atoms with van der Waals surface area (Å²) >= 11 is 0. The summed E-state index contributed by atoms with van der Waals surface area (Å²) < 4.78 is 12.2. The number of hydrogen-bond acceptors (Lipinski definition) is 11. The second kappa shape index (κ2) is 20.2. The van der Waals surface area contributed by atoms with Crippen molar-refractivity contribution in [2.45, 2.75) is 43.8 Å². The van der Waals surface area contributed by atoms with Gasteiger partial charge in [-0.3, -0.25) is 14.4 Å². The average Bonchev–Trinajstić information content (AvgIpc) is 3.18. The molecule has 0 aliphatic carbocycles. The minimum atomic E-state index is -0.887. The third-order valence-electron chi connectivity index (χ3n) is 10.5. The number of likely N-dealkylation sites (tertiary alicyclic amines) is 1. The number of phenolic OH excluding ortho intramolecular Hbond substituents is 1. The molecule has 2 aromatic carbocycles. The second-order valence-corrected chi connectivity index (χ2v) is 14.1. The Balaban J connectivity index is 0.948. The van der Waals surface area contributed by atoms with Crippen LogP contribution in [0.2, 0.25) is 0 Å². The maximum atomic E-state index is 12.7. The number of aromatic hydroxyl groups is 1. The van der Waals surface area contributed by atoms with E-state index in [-0.39, 0.29) is 35.8 Å². The van der Waals surface area contributed by atoms with E-state index < -0.39 is 6.10 Å². The molecule has 1 amide bonds. The van der Waals surface area contributed by atoms with Crippen LogP contribution in [-0.4, -0.2) is 129 Å². The molecule has 0 bridgehead atoms. The van der Waals surface area contributed by atoms with E-state index in [2.05, 4.69) is 49.7 Å². The van der Waals surface area contributed by atoms with E-state index in [4.69, 9.17) is 9.47 Å². The lowest BCUT2D eigenvalue weighted by Gasteiger charge is -2.47. The molecule has 1 aromatic heterocycles. The molecule has 3 aromatic rings. The lowest BCUT2D eigenvalue weighted by Crippen LogP contribution is -2.57. The highest BCUT2D eigenvalue weighted by Crippen LogP contribution is 2.34. The van der Waals surface area contributed by atoms with Crippen LogP contribution in [0, 0.1) is 0 Å². The van der Waals surface area contributed by atoms with Crippen molar-refractivity contribution < 1.29 is 29.3 Å². The number of carbonyl (C=O) groups is 2. The number of likely N-dealkylation sites (N-methyl/N-ethyl adjacent to an activating group) is 1. The number of nitrogens with zero attached hydrogens (tertiary/aromatic N) is 3. The monoisotopic (exact) mass is 744 g/mol. The molecule has 292 valence electrons. The van der Waals surface area contributed by atoms with Gasteiger partial charge in [0.15, 0.2) is 0 Å². The number of anilines is 2. The van der Waals surface area contributed by atoms with E-state index in [1.807, 2.05) is 12.1 Å². The number of hydrogen-bond donors (Lipinski definition) is 5. The summed E-state index contributed by atoms with van der Waals surface area (Å²) in [7, 11) is 3.41. The first-order chi connectivity index (χ1) is 26.2. The first-order valence-electron chi connectivity index (χ1n) is 18.9. The Labute approximate surface area is 318 Å². The van der Waals surface area contributed by atoms with Crippen molar-refractivity contribution in [1.29, 1.82) is 0 Å². The summed E-state index contributed by atoms with van der Waals surface area (Å²) in [4.78, 5) is 45.0. The minimum Gasteiger partial charge on any atom is -0.506 e. The molecule has 2 aliphatic heterocycles. The summed E-state index contributed by atoms with van der Waals surface area (Å²) in [5.74, 6) is 0.00766. The van der Waals surface area contributed by atoms with Crippen molar-refractivity contribution in [3.8, 4) is 5.75 Å². The summed E-state index contributed by atoms with van der Waals surface area (Å²) in [6, 6.07) is 15.5. The topological polar surface area (TPSA) is 160 Å². The number of piperidine rings is 1. The number of phenols is 1. The van der Waals surface area contributed by atoms with Gasteiger partial charge in [-0.2, -0.15) is 0 Å². The number of nitrogens with one attached hydrogen (secondary N) is 3. The van der Waals surface area contributed by atoms with Gasteiger partial charge in [0.05, 0.1) is 43.6 Å². The van der Waals surface area contributed by atoms with Gasteiger partial charge in [-0.15, -0.1) is 0 Å². The van der Waals surface area contributed by atoms with E-state index in [1.54, 1.807) is 37.3 Å². The molecule has 54 heavy (non-hydrogen) atoms. The molecule has 1 unspecified atom stereocenters. The molecular weight excluding hydrogens is 688 g/mol. The number of aldehydes is 1. The second-order valence-electron chi connectivity index (χ2n) is 14.1. The number of ether oxygens (including phenoxy) is 2. The number of aliphatic hydroxyl groups is 1. The maximum absolute atomic E-state index is 12.7. The number of pyridine rings is 1. The highest BCUT2D eigenvalue weighted by molar-refractivity contribution is 5.81. The van der Waals surface area contributed by atoms with Crippen LogP contribution in [-0.2, 0) is 31.9 Å². The number of aromatic amines is 1. The van der Waals surface area contributed by atoms with Crippen LogP contribution in [0.25, 0.3) is 6.08 Å². The summed E-state index contributed by atoms with van der Waals surface area (Å²) in [6.45, 7) is 7.12. The zero-order valence-corrected chi connectivity index (χ0v) is 31.6. The standard InChI is InChI=1S/C41H56N6O7/c1-42-39-34(8-5-24-48)33(10-11-36(39)49)37(50)29-43-18-22-45(2)38(51)14-26-53-25-13-32-7-3-6-31(28-32)12-19-46-20-15-41(16-21-46)30-47(23-27-54-41)35-9-4-17-44-40(35)52/h3-11,17,24,28,37,42-43,49-50H,12-16,18-23,25-27,29-30H2,1-2H3,(H,44,52)/b8-5-. The predicted octanol–water partition coefficient (Wildman–Crippen LogP) is 2.98. The molecular formula is C41H56N6O7. The van der Waals surface area contributed by atoms with Crippen LogP contribution in [0.5, 0.6) is 5.75 Å². The van der Waals surface area contributed by atoms with E-state index >= 15 is 0 Å². The van der Waals surface area contributed by atoms with Crippen molar-refractivity contribution >= 4 is 29.6 Å². The minimum absolute atomic E-state index is 0.0136. The molecule has 13 nitrogen and oxygen atoms in total. The number of carbonyl (C=O) groups excluding carboxylic acids is 2. The number of benzene rings is 2. The number of allylic oxidation sites excluding steroid dienone is 1. The number of amides is 1. The van der Waals surface area contributed by atoms with Crippen LogP contribution < -0.4 is 21.1 Å². The molecule has 13 heteroatoms. The first kappa shape index (κ1) is 40.7. The lowest BCUT2D eigenvalue weighted by atomic mass is 9.89. The molecule has 3 heterocycles. The molecule has 5 rings (SSSR count). The predicted molar refractivity (Wildman–Crippen MR) is 211 cm³/mol. The van der Waals surface area contributed by atoms with Gasteiger partial charge in [0.1, 0.15) is 17.7 Å². The number of morpholine rings is 1. The van der Waals surface area contributed by atoms with Crippen molar-refractivity contribution in [1.82, 2.24) is 20.1 Å². The van der Waals surface area contributed by atoms with Crippen molar-refractivity contribution in [3.05, 3.63) is 93.4 Å². The van der Waals surface area contributed by atoms with Gasteiger partial charge in [-0.1, -0.05) is 30.3 Å². The largest absolute Gasteiger partial charge is 0.506 e. The van der Waals surface area contributed by atoms with Gasteiger partial charge in [-0.25, -0.2) is 0 Å². The smallest absolute Gasteiger partial charge is 0.271 e. The molecule has 0 saturated carbocycles. The van der Waals surface area contributed by atoms with Crippen LogP contribution in [0.1, 0.15) is 47.6 Å². The Hall–Kier alpha value is -4.53. The molecule has 0 radical (unpaired) electrons. The fourth-order valence-corrected chi connectivity index (χ4v) is 7.28. The quantitative estimate of drug-likeness (QED) is 0.0532. The fraction of sp³-hybridized carbons (Fsp3) is 0.488. The molecule has 2 saturated heterocycles. The van der Waals surface area contributed by atoms with Gasteiger partial charge in [0.2, 0.25) is 5.91 Å². The maximum Gasteiger partial charge on any atom is 0.271 e. The fourth-order valence-electron chi connectivity index (χ4n) is 7.28. The summed E-state index contributed by atoms with van der Waals surface area (Å²) in [5.41, 5.74) is 4.53. The molecule has 2 aliphatic rings. The van der Waals surface area contributed by atoms with E-state index in [0.29, 0.717) is 56.0 Å². The third-order valence-corrected chi connectivity index (χ3v) is 10.5. The molecule has 5 N–H and O–H groups in total. The van der Waals surface area contributed by atoms with Gasteiger partial charge >= 0.3 is 0 Å². The Morgan fingerprint density at radius 2 is 1.91 bits per heavy atom. The third kappa shape index (κ3) is 11.2. The summed E-state index contributed by atoms with van der Waals surface area (Å²) in [6.07, 6.45) is 8.23. The van der Waals surface area contributed by atoms with Gasteiger partial charge in [0.25, 0.3) is 5.56 Å². The van der Waals surface area contributed by atoms with Crippen molar-refractivity contribution in [2.24, 2.45) is 0 Å². The number of H-pyrrole nitrogens is 1. The van der Waals surface area contributed by atoms with E-state index in [0.717, 1.165) is 64.1 Å². The molecule has 1 atom stereocenters. The summed E-state index contributed by atoms with van der Waals surface area (Å²) in [5, 5.41) is 27.1. The Morgan fingerprint density at radius 3 is 2.67 bits per heavy atom. The molecule has 1 spiro atoms. The van der Waals surface area contributed by atoms with Crippen molar-refractivity contribution in [2.75, 3.05) is 96.5 Å². The van der Waals surface area contributed by atoms with Gasteiger partial charge in [0, 0.05) is 78.2 Å². The van der Waals surface area contributed by atoms with Crippen LogP contribution in [0.3, 0.4) is 0 Å². The van der Waals surface area contributed by atoms with E-state index in [9.17, 15) is 24.6 Å². The number of aliphatic hydroxyl groups excluding tert-OH is 1. The van der Waals surface area contributed by atoms with Crippen molar-refractivity contribution in [3.63, 3.8) is 0 Å².